The molecule has 32 heavy (non-hydrogen) atoms. The number of hydrazone groups is 1. The van der Waals surface area contributed by atoms with Crippen molar-refractivity contribution in [2.45, 2.75) is 12.5 Å². The van der Waals surface area contributed by atoms with Crippen molar-refractivity contribution in [1.29, 1.82) is 0 Å². The number of nitrogens with one attached hydrogen (secondary N) is 1. The van der Waals surface area contributed by atoms with Gasteiger partial charge in [-0.05, 0) is 78.9 Å². The van der Waals surface area contributed by atoms with Crippen molar-refractivity contribution in [2.24, 2.45) is 5.10 Å². The normalized spacial score (nSPS) is 15.6. The van der Waals surface area contributed by atoms with E-state index in [9.17, 15) is 8.78 Å². The molecule has 5 nitrogen and oxygen atoms in total. The molecule has 1 N–H and O–H groups in total. The van der Waals surface area contributed by atoms with Gasteiger partial charge in [0.2, 0.25) is 0 Å². The zero-order valence-electron chi connectivity index (χ0n) is 18.2. The van der Waals surface area contributed by atoms with Crippen LogP contribution < -0.4 is 5.32 Å². The van der Waals surface area contributed by atoms with Crippen LogP contribution in [0.5, 0.6) is 0 Å². The van der Waals surface area contributed by atoms with Crippen LogP contribution in [0.3, 0.4) is 0 Å². The molecule has 1 aliphatic rings. The summed E-state index contributed by atoms with van der Waals surface area (Å²) in [5, 5.41) is 8.12. The molecule has 164 valence electrons. The fourth-order valence-corrected chi connectivity index (χ4v) is 3.54. The average Bonchev–Trinajstić information content (AvgIpc) is 3.22. The van der Waals surface area contributed by atoms with E-state index in [0.29, 0.717) is 6.54 Å². The summed E-state index contributed by atoms with van der Waals surface area (Å²) in [7, 11) is 4.06. The fourth-order valence-electron chi connectivity index (χ4n) is 3.54. The zero-order chi connectivity index (χ0) is 22.5. The third kappa shape index (κ3) is 5.42. The van der Waals surface area contributed by atoms with Crippen LogP contribution in [0.1, 0.15) is 22.6 Å². The van der Waals surface area contributed by atoms with Crippen LogP contribution in [0.15, 0.2) is 72.0 Å². The minimum absolute atomic E-state index is 0.0722. The van der Waals surface area contributed by atoms with E-state index in [0.717, 1.165) is 41.3 Å². The Labute approximate surface area is 186 Å². The van der Waals surface area contributed by atoms with Gasteiger partial charge < -0.3 is 10.2 Å². The lowest BCUT2D eigenvalue weighted by Crippen LogP contribution is -2.22. The molecule has 0 aliphatic carbocycles. The molecule has 0 bridgehead atoms. The Kier molecular flexibility index (Phi) is 6.66. The van der Waals surface area contributed by atoms with Crippen LogP contribution in [0.4, 0.5) is 14.6 Å². The SMILES string of the molecule is CN(C)CC[N+]1=CC(c2ccnc(NCc3ccc(F)cc3)c2)C(c2ccc(F)cc2)=N1. The fraction of sp³-hybridized carbons (Fsp3) is 0.240. The molecule has 0 fully saturated rings. The van der Waals surface area contributed by atoms with Crippen molar-refractivity contribution in [3.05, 3.63) is 95.2 Å². The first-order valence-corrected chi connectivity index (χ1v) is 10.5. The monoisotopic (exact) mass is 434 g/mol. The van der Waals surface area contributed by atoms with Gasteiger partial charge in [0.05, 0.1) is 6.54 Å². The molecule has 0 saturated carbocycles. The molecule has 2 aromatic carbocycles. The molecule has 0 spiro atoms. The lowest BCUT2D eigenvalue weighted by atomic mass is 9.92. The highest BCUT2D eigenvalue weighted by Crippen LogP contribution is 2.26. The van der Waals surface area contributed by atoms with E-state index in [1.165, 1.54) is 24.3 Å². The maximum Gasteiger partial charge on any atom is 0.186 e. The largest absolute Gasteiger partial charge is 0.366 e. The molecule has 2 heterocycles. The van der Waals surface area contributed by atoms with Gasteiger partial charge in [-0.1, -0.05) is 16.8 Å². The van der Waals surface area contributed by atoms with Crippen LogP contribution in [0.25, 0.3) is 0 Å². The summed E-state index contributed by atoms with van der Waals surface area (Å²) in [6, 6.07) is 16.8. The van der Waals surface area contributed by atoms with Gasteiger partial charge >= 0.3 is 0 Å². The Morgan fingerprint density at radius 2 is 1.66 bits per heavy atom. The third-order valence-corrected chi connectivity index (χ3v) is 5.30. The molecule has 7 heteroatoms. The Hall–Kier alpha value is -3.45. The molecule has 0 radical (unpaired) electrons. The molecular weight excluding hydrogens is 408 g/mol. The number of anilines is 1. The number of rotatable bonds is 8. The van der Waals surface area contributed by atoms with Crippen molar-refractivity contribution in [1.82, 2.24) is 9.88 Å². The lowest BCUT2D eigenvalue weighted by Gasteiger charge is -2.11. The molecule has 1 aromatic heterocycles. The van der Waals surface area contributed by atoms with E-state index in [-0.39, 0.29) is 17.6 Å². The summed E-state index contributed by atoms with van der Waals surface area (Å²) in [6.07, 6.45) is 3.86. The van der Waals surface area contributed by atoms with Crippen molar-refractivity contribution in [3.63, 3.8) is 0 Å². The quantitative estimate of drug-likeness (QED) is 0.543. The summed E-state index contributed by atoms with van der Waals surface area (Å²) >= 11 is 0. The molecule has 0 saturated heterocycles. The third-order valence-electron chi connectivity index (χ3n) is 5.30. The molecule has 1 aliphatic heterocycles. The number of pyridine rings is 1. The number of halogens is 2. The second-order valence-corrected chi connectivity index (χ2v) is 8.04. The minimum atomic E-state index is -0.270. The number of nitrogens with zero attached hydrogens (tertiary/aromatic N) is 4. The number of likely N-dealkylation sites (N-methyl/N-ethyl adjacent to an activating group) is 1. The summed E-state index contributed by atoms with van der Waals surface area (Å²) in [5.41, 5.74) is 3.77. The number of hydrogen-bond acceptors (Lipinski definition) is 4. The van der Waals surface area contributed by atoms with E-state index in [2.05, 4.69) is 21.4 Å². The van der Waals surface area contributed by atoms with Gasteiger partial charge in [0, 0.05) is 18.3 Å². The van der Waals surface area contributed by atoms with Crippen molar-refractivity contribution in [2.75, 3.05) is 32.5 Å². The summed E-state index contributed by atoms with van der Waals surface area (Å²) in [6.45, 7) is 2.16. The van der Waals surface area contributed by atoms with Gasteiger partial charge in [-0.3, -0.25) is 0 Å². The Balaban J connectivity index is 1.57. The maximum absolute atomic E-state index is 13.5. The first-order chi connectivity index (χ1) is 15.5. The smallest absolute Gasteiger partial charge is 0.186 e. The van der Waals surface area contributed by atoms with Crippen LogP contribution in [-0.4, -0.2) is 53.7 Å². The van der Waals surface area contributed by atoms with Crippen LogP contribution in [-0.2, 0) is 6.54 Å². The predicted octanol–water partition coefficient (Wildman–Crippen LogP) is 4.12. The molecule has 0 amide bonds. The number of aromatic nitrogens is 1. The van der Waals surface area contributed by atoms with Crippen molar-refractivity contribution < 1.29 is 13.5 Å². The summed E-state index contributed by atoms with van der Waals surface area (Å²) in [5.74, 6) is 0.132. The van der Waals surface area contributed by atoms with E-state index >= 15 is 0 Å². The lowest BCUT2D eigenvalue weighted by molar-refractivity contribution is -0.526. The molecule has 4 rings (SSSR count). The van der Waals surface area contributed by atoms with E-state index in [1.54, 1.807) is 30.5 Å². The molecule has 1 unspecified atom stereocenters. The minimum Gasteiger partial charge on any atom is -0.366 e. The van der Waals surface area contributed by atoms with Crippen molar-refractivity contribution in [3.8, 4) is 0 Å². The standard InChI is InChI=1S/C25H26F2N5/c1-31(2)13-14-32-17-23(25(30-32)19-5-9-22(27)10-6-19)20-11-12-28-24(15-20)29-16-18-3-7-21(26)8-4-18/h3-12,15,17,23H,13-14,16H2,1-2H3,(H,28,29)/q+1. The first kappa shape index (κ1) is 21.8. The number of benzene rings is 2. The summed E-state index contributed by atoms with van der Waals surface area (Å²) in [4.78, 5) is 6.53. The van der Waals surface area contributed by atoms with Gasteiger partial charge in [0.15, 0.2) is 12.8 Å². The average molecular weight is 435 g/mol. The second kappa shape index (κ2) is 9.78. The highest BCUT2D eigenvalue weighted by Gasteiger charge is 2.31. The van der Waals surface area contributed by atoms with E-state index < -0.39 is 0 Å². The van der Waals surface area contributed by atoms with Gasteiger partial charge in [-0.2, -0.15) is 0 Å². The molecule has 1 atom stereocenters. The Morgan fingerprint density at radius 3 is 2.34 bits per heavy atom. The Bertz CT molecular complexity index is 1120. The van der Waals surface area contributed by atoms with Crippen LogP contribution >= 0.6 is 0 Å². The maximum atomic E-state index is 13.5. The van der Waals surface area contributed by atoms with Crippen LogP contribution in [0, 0.1) is 11.6 Å². The van der Waals surface area contributed by atoms with Gasteiger partial charge in [-0.25, -0.2) is 13.8 Å². The van der Waals surface area contributed by atoms with E-state index in [4.69, 9.17) is 5.10 Å². The first-order valence-electron chi connectivity index (χ1n) is 10.5. The van der Waals surface area contributed by atoms with Gasteiger partial charge in [0.25, 0.3) is 0 Å². The highest BCUT2D eigenvalue weighted by atomic mass is 19.1. The topological polar surface area (TPSA) is 43.5 Å². The Morgan fingerprint density at radius 1 is 0.969 bits per heavy atom. The molecular formula is C25H26F2N5+. The van der Waals surface area contributed by atoms with Gasteiger partial charge in [-0.15, -0.1) is 0 Å². The van der Waals surface area contributed by atoms with Gasteiger partial charge in [0.1, 0.15) is 29.1 Å². The van der Waals surface area contributed by atoms with Crippen LogP contribution in [0.2, 0.25) is 0 Å². The van der Waals surface area contributed by atoms with E-state index in [1.807, 2.05) is 30.9 Å². The zero-order valence-corrected chi connectivity index (χ0v) is 18.2. The number of hydrogen-bond donors (Lipinski definition) is 1. The highest BCUT2D eigenvalue weighted by molar-refractivity contribution is 6.14. The molecule has 3 aromatic rings. The second-order valence-electron chi connectivity index (χ2n) is 8.04. The summed E-state index contributed by atoms with van der Waals surface area (Å²) < 4.78 is 28.6. The predicted molar refractivity (Wildman–Crippen MR) is 123 cm³/mol. The van der Waals surface area contributed by atoms with Crippen molar-refractivity contribution >= 4 is 17.7 Å².